The van der Waals surface area contributed by atoms with Crippen molar-refractivity contribution in [1.29, 1.82) is 0 Å². The summed E-state index contributed by atoms with van der Waals surface area (Å²) in [5.41, 5.74) is 6.75. The highest BCUT2D eigenvalue weighted by Crippen LogP contribution is 2.26. The van der Waals surface area contributed by atoms with E-state index in [0.717, 1.165) is 25.4 Å². The molecule has 0 radical (unpaired) electrons. The first-order valence-corrected chi connectivity index (χ1v) is 8.46. The molecule has 4 nitrogen and oxygen atoms in total. The van der Waals surface area contributed by atoms with Crippen LogP contribution in [0.25, 0.3) is 0 Å². The van der Waals surface area contributed by atoms with Crippen molar-refractivity contribution in [1.82, 2.24) is 10.2 Å². The lowest BCUT2D eigenvalue weighted by Gasteiger charge is -2.37. The molecular formula is C18H29N3O. The lowest BCUT2D eigenvalue weighted by molar-refractivity contribution is -0.121. The quantitative estimate of drug-likeness (QED) is 0.812. The molecule has 1 aromatic rings. The lowest BCUT2D eigenvalue weighted by Crippen LogP contribution is -2.42. The van der Waals surface area contributed by atoms with Gasteiger partial charge in [-0.3, -0.25) is 9.69 Å². The Hall–Kier alpha value is -1.39. The molecule has 2 rings (SSSR count). The number of rotatable bonds is 7. The summed E-state index contributed by atoms with van der Waals surface area (Å²) in [6.45, 7) is 5.80. The van der Waals surface area contributed by atoms with E-state index in [9.17, 15) is 4.79 Å². The summed E-state index contributed by atoms with van der Waals surface area (Å²) in [6.07, 6.45) is 3.76. The molecule has 22 heavy (non-hydrogen) atoms. The average Bonchev–Trinajstić information content (AvgIpc) is 2.55. The molecule has 1 atom stereocenters. The van der Waals surface area contributed by atoms with E-state index in [1.54, 1.807) is 0 Å². The zero-order valence-corrected chi connectivity index (χ0v) is 13.6. The summed E-state index contributed by atoms with van der Waals surface area (Å²) in [5.74, 6) is 0.920. The van der Waals surface area contributed by atoms with Crippen LogP contribution in [0.5, 0.6) is 0 Å². The van der Waals surface area contributed by atoms with E-state index in [1.165, 1.54) is 18.4 Å². The van der Waals surface area contributed by atoms with Gasteiger partial charge in [-0.2, -0.15) is 0 Å². The van der Waals surface area contributed by atoms with Gasteiger partial charge in [0.25, 0.3) is 0 Å². The Morgan fingerprint density at radius 2 is 2.00 bits per heavy atom. The van der Waals surface area contributed by atoms with Gasteiger partial charge in [-0.15, -0.1) is 0 Å². The van der Waals surface area contributed by atoms with Crippen LogP contribution in [0, 0.1) is 5.92 Å². The van der Waals surface area contributed by atoms with Crippen LogP contribution < -0.4 is 11.1 Å². The van der Waals surface area contributed by atoms with E-state index in [-0.39, 0.29) is 11.9 Å². The molecule has 1 heterocycles. The first-order valence-electron chi connectivity index (χ1n) is 8.46. The molecule has 1 unspecified atom stereocenters. The largest absolute Gasteiger partial charge is 0.354 e. The Balaban J connectivity index is 1.98. The molecule has 122 valence electrons. The Bertz CT molecular complexity index is 441. The maximum absolute atomic E-state index is 11.9. The van der Waals surface area contributed by atoms with Crippen LogP contribution in [0.15, 0.2) is 30.3 Å². The van der Waals surface area contributed by atoms with Gasteiger partial charge in [-0.1, -0.05) is 37.3 Å². The van der Waals surface area contributed by atoms with Gasteiger partial charge < -0.3 is 11.1 Å². The number of hydrogen-bond acceptors (Lipinski definition) is 3. The first kappa shape index (κ1) is 17.0. The van der Waals surface area contributed by atoms with Crippen LogP contribution in [-0.4, -0.2) is 37.0 Å². The predicted octanol–water partition coefficient (Wildman–Crippen LogP) is 2.31. The molecule has 0 aromatic heterocycles. The minimum Gasteiger partial charge on any atom is -0.354 e. The van der Waals surface area contributed by atoms with Gasteiger partial charge in [0, 0.05) is 13.0 Å². The highest BCUT2D eigenvalue weighted by atomic mass is 16.1. The number of nitrogens with zero attached hydrogens (tertiary/aromatic N) is 1. The van der Waals surface area contributed by atoms with Gasteiger partial charge in [0.15, 0.2) is 0 Å². The van der Waals surface area contributed by atoms with Crippen molar-refractivity contribution in [3.8, 4) is 0 Å². The second kappa shape index (κ2) is 8.91. The van der Waals surface area contributed by atoms with E-state index < -0.39 is 0 Å². The summed E-state index contributed by atoms with van der Waals surface area (Å²) in [7, 11) is 0. The van der Waals surface area contributed by atoms with Gasteiger partial charge in [0.2, 0.25) is 5.91 Å². The van der Waals surface area contributed by atoms with Gasteiger partial charge in [0.1, 0.15) is 0 Å². The van der Waals surface area contributed by atoms with Crippen molar-refractivity contribution in [3.05, 3.63) is 35.9 Å². The van der Waals surface area contributed by atoms with Gasteiger partial charge >= 0.3 is 0 Å². The molecule has 1 saturated heterocycles. The van der Waals surface area contributed by atoms with Crippen LogP contribution in [0.2, 0.25) is 0 Å². The zero-order chi connectivity index (χ0) is 15.8. The molecule has 0 saturated carbocycles. The molecular weight excluding hydrogens is 274 g/mol. The van der Waals surface area contributed by atoms with E-state index in [1.807, 2.05) is 6.07 Å². The number of piperidine rings is 1. The Labute approximate surface area is 134 Å². The molecule has 0 bridgehead atoms. The predicted molar refractivity (Wildman–Crippen MR) is 90.5 cm³/mol. The minimum absolute atomic E-state index is 0.108. The van der Waals surface area contributed by atoms with Crippen LogP contribution in [0.3, 0.4) is 0 Å². The summed E-state index contributed by atoms with van der Waals surface area (Å²) in [5, 5.41) is 3.09. The van der Waals surface area contributed by atoms with E-state index in [0.29, 0.717) is 19.5 Å². The fourth-order valence-corrected chi connectivity index (χ4v) is 3.03. The van der Waals surface area contributed by atoms with Crippen molar-refractivity contribution < 1.29 is 4.79 Å². The number of carbonyl (C=O) groups is 1. The number of likely N-dealkylation sites (tertiary alicyclic amines) is 1. The smallest absolute Gasteiger partial charge is 0.220 e. The maximum Gasteiger partial charge on any atom is 0.220 e. The third-order valence-corrected chi connectivity index (χ3v) is 4.54. The summed E-state index contributed by atoms with van der Waals surface area (Å²) in [4.78, 5) is 14.4. The molecule has 3 N–H and O–H groups in total. The third-order valence-electron chi connectivity index (χ3n) is 4.54. The minimum atomic E-state index is 0.108. The monoisotopic (exact) mass is 303 g/mol. The Morgan fingerprint density at radius 1 is 1.32 bits per heavy atom. The fourth-order valence-electron chi connectivity index (χ4n) is 3.03. The molecule has 1 fully saturated rings. The summed E-state index contributed by atoms with van der Waals surface area (Å²) < 4.78 is 0. The number of carbonyl (C=O) groups excluding carboxylic acids is 1. The molecule has 1 aliphatic heterocycles. The Kier molecular flexibility index (Phi) is 6.87. The van der Waals surface area contributed by atoms with Crippen molar-refractivity contribution in [2.75, 3.05) is 26.2 Å². The second-order valence-corrected chi connectivity index (χ2v) is 6.34. The van der Waals surface area contributed by atoms with Gasteiger partial charge in [0.05, 0.1) is 6.04 Å². The second-order valence-electron chi connectivity index (χ2n) is 6.34. The van der Waals surface area contributed by atoms with Crippen LogP contribution in [0.1, 0.15) is 44.2 Å². The fraction of sp³-hybridized carbons (Fsp3) is 0.611. The van der Waals surface area contributed by atoms with Crippen molar-refractivity contribution >= 4 is 5.91 Å². The SMILES string of the molecule is CC1CCN(C(CNC(=O)CCCN)c2ccccc2)CC1. The van der Waals surface area contributed by atoms with Crippen molar-refractivity contribution in [3.63, 3.8) is 0 Å². The summed E-state index contributed by atoms with van der Waals surface area (Å²) in [6, 6.07) is 10.8. The van der Waals surface area contributed by atoms with Crippen LogP contribution in [-0.2, 0) is 4.79 Å². The van der Waals surface area contributed by atoms with E-state index in [2.05, 4.69) is 41.4 Å². The molecule has 1 aromatic carbocycles. The van der Waals surface area contributed by atoms with Gasteiger partial charge in [-0.05, 0) is 50.4 Å². The zero-order valence-electron chi connectivity index (χ0n) is 13.6. The number of amides is 1. The normalized spacial score (nSPS) is 18.1. The summed E-state index contributed by atoms with van der Waals surface area (Å²) >= 11 is 0. The first-order chi connectivity index (χ1) is 10.7. The molecule has 4 heteroatoms. The number of hydrogen-bond donors (Lipinski definition) is 2. The van der Waals surface area contributed by atoms with Gasteiger partial charge in [-0.25, -0.2) is 0 Å². The van der Waals surface area contributed by atoms with Crippen LogP contribution in [0.4, 0.5) is 0 Å². The van der Waals surface area contributed by atoms with Crippen molar-refractivity contribution in [2.24, 2.45) is 11.7 Å². The highest BCUT2D eigenvalue weighted by Gasteiger charge is 2.24. The molecule has 0 aliphatic carbocycles. The van der Waals surface area contributed by atoms with Crippen LogP contribution >= 0.6 is 0 Å². The highest BCUT2D eigenvalue weighted by molar-refractivity contribution is 5.75. The lowest BCUT2D eigenvalue weighted by atomic mass is 9.95. The molecule has 1 aliphatic rings. The molecule has 1 amide bonds. The van der Waals surface area contributed by atoms with E-state index in [4.69, 9.17) is 5.73 Å². The van der Waals surface area contributed by atoms with E-state index >= 15 is 0 Å². The third kappa shape index (κ3) is 5.11. The topological polar surface area (TPSA) is 58.4 Å². The molecule has 0 spiro atoms. The number of nitrogens with one attached hydrogen (secondary N) is 1. The average molecular weight is 303 g/mol. The number of benzene rings is 1. The van der Waals surface area contributed by atoms with Crippen molar-refractivity contribution in [2.45, 2.75) is 38.6 Å². The standard InChI is InChI=1S/C18H29N3O/c1-15-9-12-21(13-10-15)17(16-6-3-2-4-7-16)14-20-18(22)8-5-11-19/h2-4,6-7,15,17H,5,8-14,19H2,1H3,(H,20,22). The Morgan fingerprint density at radius 3 is 2.64 bits per heavy atom. The maximum atomic E-state index is 11.9. The number of nitrogens with two attached hydrogens (primary N) is 1.